The van der Waals surface area contributed by atoms with Crippen molar-refractivity contribution in [2.75, 3.05) is 23.7 Å². The maximum atomic E-state index is 12.8. The third-order valence-electron chi connectivity index (χ3n) is 5.89. The number of hydrogen-bond acceptors (Lipinski definition) is 3. The van der Waals surface area contributed by atoms with Gasteiger partial charge in [0.1, 0.15) is 0 Å². The monoisotopic (exact) mass is 385 g/mol. The van der Waals surface area contributed by atoms with E-state index in [0.29, 0.717) is 17.5 Å². The second-order valence-corrected chi connectivity index (χ2v) is 8.33. The zero-order valence-electron chi connectivity index (χ0n) is 16.9. The molecule has 1 aromatic carbocycles. The third-order valence-corrected chi connectivity index (χ3v) is 5.89. The molecule has 28 heavy (non-hydrogen) atoms. The average Bonchev–Trinajstić information content (AvgIpc) is 2.68. The normalized spacial score (nSPS) is 25.1. The first kappa shape index (κ1) is 20.4. The van der Waals surface area contributed by atoms with Gasteiger partial charge in [-0.1, -0.05) is 6.92 Å². The lowest BCUT2D eigenvalue weighted by atomic mass is 9.80. The molecule has 2 aliphatic rings. The number of amides is 3. The van der Waals surface area contributed by atoms with E-state index in [1.807, 2.05) is 4.90 Å². The highest BCUT2D eigenvalue weighted by Crippen LogP contribution is 2.32. The zero-order valence-corrected chi connectivity index (χ0v) is 16.9. The Labute approximate surface area is 167 Å². The molecular formula is C22H31N3O3. The molecule has 1 aliphatic carbocycles. The molecule has 1 aromatic rings. The Morgan fingerprint density at radius 1 is 0.893 bits per heavy atom. The second-order valence-electron chi connectivity index (χ2n) is 8.33. The first-order valence-electron chi connectivity index (χ1n) is 10.4. The SMILES string of the molecule is CC(=O)Nc1ccc(NC(=O)C2CCC(C(=O)N3CCCC(C)C3)CC2)cc1. The van der Waals surface area contributed by atoms with E-state index in [9.17, 15) is 14.4 Å². The van der Waals surface area contributed by atoms with E-state index in [1.165, 1.54) is 13.3 Å². The molecule has 3 rings (SSSR count). The molecule has 0 spiro atoms. The van der Waals surface area contributed by atoms with Crippen molar-refractivity contribution in [3.8, 4) is 0 Å². The Bertz CT molecular complexity index is 708. The fourth-order valence-electron chi connectivity index (χ4n) is 4.33. The van der Waals surface area contributed by atoms with Crippen LogP contribution in [0.1, 0.15) is 52.4 Å². The van der Waals surface area contributed by atoms with Crippen LogP contribution in [-0.4, -0.2) is 35.7 Å². The molecule has 1 unspecified atom stereocenters. The van der Waals surface area contributed by atoms with Crippen LogP contribution in [0, 0.1) is 17.8 Å². The standard InChI is InChI=1S/C22H31N3O3/c1-15-4-3-13-25(14-15)22(28)18-7-5-17(6-8-18)21(27)24-20-11-9-19(10-12-20)23-16(2)26/h9-12,15,17-18H,3-8,13-14H2,1-2H3,(H,23,26)(H,24,27). The summed E-state index contributed by atoms with van der Waals surface area (Å²) in [5.74, 6) is 0.813. The first-order chi connectivity index (χ1) is 13.4. The highest BCUT2D eigenvalue weighted by molar-refractivity contribution is 5.93. The van der Waals surface area contributed by atoms with Crippen molar-refractivity contribution in [3.05, 3.63) is 24.3 Å². The topological polar surface area (TPSA) is 78.5 Å². The van der Waals surface area contributed by atoms with Gasteiger partial charge in [0, 0.05) is 43.2 Å². The van der Waals surface area contributed by atoms with Gasteiger partial charge in [-0.15, -0.1) is 0 Å². The average molecular weight is 386 g/mol. The number of nitrogens with zero attached hydrogens (tertiary/aromatic N) is 1. The molecular weight excluding hydrogens is 354 g/mol. The predicted octanol–water partition coefficient (Wildman–Crippen LogP) is 3.65. The summed E-state index contributed by atoms with van der Waals surface area (Å²) in [6.45, 7) is 5.44. The van der Waals surface area contributed by atoms with Crippen LogP contribution in [0.5, 0.6) is 0 Å². The number of piperidine rings is 1. The van der Waals surface area contributed by atoms with Gasteiger partial charge in [-0.05, 0) is 68.7 Å². The van der Waals surface area contributed by atoms with Gasteiger partial charge in [0.15, 0.2) is 0 Å². The Kier molecular flexibility index (Phi) is 6.70. The summed E-state index contributed by atoms with van der Waals surface area (Å²) in [7, 11) is 0. The predicted molar refractivity (Wildman–Crippen MR) is 110 cm³/mol. The lowest BCUT2D eigenvalue weighted by Gasteiger charge is -2.35. The van der Waals surface area contributed by atoms with Gasteiger partial charge in [0.2, 0.25) is 17.7 Å². The minimum absolute atomic E-state index is 0.0183. The number of carbonyl (C=O) groups excluding carboxylic acids is 3. The summed E-state index contributed by atoms with van der Waals surface area (Å²) >= 11 is 0. The van der Waals surface area contributed by atoms with Crippen LogP contribution in [0.3, 0.4) is 0 Å². The Hall–Kier alpha value is -2.37. The third kappa shape index (κ3) is 5.33. The lowest BCUT2D eigenvalue weighted by Crippen LogP contribution is -2.43. The molecule has 1 atom stereocenters. The van der Waals surface area contributed by atoms with E-state index >= 15 is 0 Å². The molecule has 6 heteroatoms. The fraction of sp³-hybridized carbons (Fsp3) is 0.591. The molecule has 1 saturated heterocycles. The van der Waals surface area contributed by atoms with E-state index in [4.69, 9.17) is 0 Å². The summed E-state index contributed by atoms with van der Waals surface area (Å²) < 4.78 is 0. The van der Waals surface area contributed by atoms with E-state index in [2.05, 4.69) is 17.6 Å². The number of benzene rings is 1. The van der Waals surface area contributed by atoms with E-state index < -0.39 is 0 Å². The minimum Gasteiger partial charge on any atom is -0.342 e. The van der Waals surface area contributed by atoms with Crippen molar-refractivity contribution in [1.29, 1.82) is 0 Å². The van der Waals surface area contributed by atoms with Crippen molar-refractivity contribution in [1.82, 2.24) is 4.90 Å². The molecule has 0 aromatic heterocycles. The molecule has 2 fully saturated rings. The van der Waals surface area contributed by atoms with Crippen molar-refractivity contribution >= 4 is 29.1 Å². The van der Waals surface area contributed by atoms with E-state index in [-0.39, 0.29) is 23.7 Å². The van der Waals surface area contributed by atoms with Gasteiger partial charge in [0.05, 0.1) is 0 Å². The van der Waals surface area contributed by atoms with Crippen LogP contribution in [0.25, 0.3) is 0 Å². The molecule has 1 saturated carbocycles. The molecule has 1 heterocycles. The van der Waals surface area contributed by atoms with E-state index in [0.717, 1.165) is 50.9 Å². The number of rotatable bonds is 4. The smallest absolute Gasteiger partial charge is 0.227 e. The maximum absolute atomic E-state index is 12.8. The first-order valence-corrected chi connectivity index (χ1v) is 10.4. The van der Waals surface area contributed by atoms with Crippen LogP contribution >= 0.6 is 0 Å². The second kappa shape index (κ2) is 9.22. The van der Waals surface area contributed by atoms with Gasteiger partial charge in [0.25, 0.3) is 0 Å². The van der Waals surface area contributed by atoms with Crippen molar-refractivity contribution < 1.29 is 14.4 Å². The van der Waals surface area contributed by atoms with Crippen molar-refractivity contribution in [2.45, 2.75) is 52.4 Å². The van der Waals surface area contributed by atoms with Crippen LogP contribution < -0.4 is 10.6 Å². The lowest BCUT2D eigenvalue weighted by molar-refractivity contribution is -0.139. The van der Waals surface area contributed by atoms with E-state index in [1.54, 1.807) is 24.3 Å². The van der Waals surface area contributed by atoms with Crippen LogP contribution in [-0.2, 0) is 14.4 Å². The highest BCUT2D eigenvalue weighted by atomic mass is 16.2. The summed E-state index contributed by atoms with van der Waals surface area (Å²) in [6, 6.07) is 7.12. The summed E-state index contributed by atoms with van der Waals surface area (Å²) in [6.07, 6.45) is 5.42. The maximum Gasteiger partial charge on any atom is 0.227 e. The van der Waals surface area contributed by atoms with Crippen molar-refractivity contribution in [2.24, 2.45) is 17.8 Å². The number of carbonyl (C=O) groups is 3. The van der Waals surface area contributed by atoms with Crippen LogP contribution in [0.15, 0.2) is 24.3 Å². The summed E-state index contributed by atoms with van der Waals surface area (Å²) in [5, 5.41) is 5.66. The number of hydrogen-bond donors (Lipinski definition) is 2. The molecule has 2 N–H and O–H groups in total. The van der Waals surface area contributed by atoms with Crippen LogP contribution in [0.2, 0.25) is 0 Å². The zero-order chi connectivity index (χ0) is 20.1. The van der Waals surface area contributed by atoms with Gasteiger partial charge >= 0.3 is 0 Å². The Balaban J connectivity index is 1.47. The molecule has 1 aliphatic heterocycles. The summed E-state index contributed by atoms with van der Waals surface area (Å²) in [4.78, 5) is 38.4. The molecule has 0 radical (unpaired) electrons. The largest absolute Gasteiger partial charge is 0.342 e. The Morgan fingerprint density at radius 2 is 1.46 bits per heavy atom. The molecule has 0 bridgehead atoms. The van der Waals surface area contributed by atoms with Crippen LogP contribution in [0.4, 0.5) is 11.4 Å². The number of nitrogens with one attached hydrogen (secondary N) is 2. The quantitative estimate of drug-likeness (QED) is 0.830. The fourth-order valence-corrected chi connectivity index (χ4v) is 4.33. The number of anilines is 2. The Morgan fingerprint density at radius 3 is 2.04 bits per heavy atom. The number of likely N-dealkylation sites (tertiary alicyclic amines) is 1. The van der Waals surface area contributed by atoms with Gasteiger partial charge < -0.3 is 15.5 Å². The molecule has 6 nitrogen and oxygen atoms in total. The summed E-state index contributed by atoms with van der Waals surface area (Å²) in [5.41, 5.74) is 1.43. The van der Waals surface area contributed by atoms with Crippen molar-refractivity contribution in [3.63, 3.8) is 0 Å². The molecule has 3 amide bonds. The highest BCUT2D eigenvalue weighted by Gasteiger charge is 2.33. The van der Waals surface area contributed by atoms with Gasteiger partial charge in [-0.2, -0.15) is 0 Å². The van der Waals surface area contributed by atoms with Gasteiger partial charge in [-0.3, -0.25) is 14.4 Å². The van der Waals surface area contributed by atoms with Gasteiger partial charge in [-0.25, -0.2) is 0 Å². The minimum atomic E-state index is -0.123. The molecule has 152 valence electrons.